The minimum Gasteiger partial charge on any atom is -0.494 e. The van der Waals surface area contributed by atoms with Crippen LogP contribution < -0.4 is 4.74 Å². The van der Waals surface area contributed by atoms with Crippen LogP contribution in [0.1, 0.15) is 61.0 Å². The molecule has 170 valence electrons. The third kappa shape index (κ3) is 4.74. The highest BCUT2D eigenvalue weighted by Crippen LogP contribution is 2.34. The second-order valence-electron chi connectivity index (χ2n) is 8.14. The number of benzene rings is 1. The summed E-state index contributed by atoms with van der Waals surface area (Å²) in [5, 5.41) is 4.07. The van der Waals surface area contributed by atoms with E-state index < -0.39 is 6.43 Å². The lowest BCUT2D eigenvalue weighted by Gasteiger charge is -2.32. The van der Waals surface area contributed by atoms with Crippen molar-refractivity contribution in [2.75, 3.05) is 19.7 Å². The number of nitrogens with zero attached hydrogens (tertiary/aromatic N) is 3. The molecule has 1 atom stereocenters. The van der Waals surface area contributed by atoms with Crippen molar-refractivity contribution in [1.82, 2.24) is 15.0 Å². The highest BCUT2D eigenvalue weighted by molar-refractivity contribution is 5.80. The van der Waals surface area contributed by atoms with Gasteiger partial charge in [0.1, 0.15) is 5.75 Å². The van der Waals surface area contributed by atoms with Crippen molar-refractivity contribution in [3.05, 3.63) is 52.8 Å². The maximum Gasteiger partial charge on any atom is 0.264 e. The van der Waals surface area contributed by atoms with Crippen LogP contribution in [-0.4, -0.2) is 40.6 Å². The van der Waals surface area contributed by atoms with Crippen molar-refractivity contribution >= 4 is 17.0 Å². The predicted octanol–water partition coefficient (Wildman–Crippen LogP) is 5.21. The molecule has 1 saturated heterocycles. The summed E-state index contributed by atoms with van der Waals surface area (Å²) in [6.45, 7) is 5.32. The van der Waals surface area contributed by atoms with Gasteiger partial charge in [-0.25, -0.2) is 13.8 Å². The van der Waals surface area contributed by atoms with Crippen LogP contribution in [0.15, 0.2) is 34.9 Å². The third-order valence-electron chi connectivity index (χ3n) is 5.96. The van der Waals surface area contributed by atoms with Gasteiger partial charge in [0.05, 0.1) is 17.7 Å². The Morgan fingerprint density at radius 1 is 1.31 bits per heavy atom. The molecule has 0 N–H and O–H groups in total. The van der Waals surface area contributed by atoms with Crippen LogP contribution in [0.3, 0.4) is 0 Å². The first-order valence-electron chi connectivity index (χ1n) is 11.0. The summed E-state index contributed by atoms with van der Waals surface area (Å²) < 4.78 is 38.0. The molecular weight excluding hydrogens is 416 g/mol. The molecule has 1 aliphatic heterocycles. The fraction of sp³-hybridized carbons (Fsp3) is 0.458. The number of halogens is 2. The van der Waals surface area contributed by atoms with E-state index in [1.165, 1.54) is 6.07 Å². The third-order valence-corrected chi connectivity index (χ3v) is 5.96. The predicted molar refractivity (Wildman–Crippen MR) is 116 cm³/mol. The monoisotopic (exact) mass is 443 g/mol. The number of aromatic nitrogens is 2. The first kappa shape index (κ1) is 22.2. The van der Waals surface area contributed by atoms with Crippen LogP contribution >= 0.6 is 0 Å². The lowest BCUT2D eigenvalue weighted by Crippen LogP contribution is -2.39. The van der Waals surface area contributed by atoms with E-state index >= 15 is 0 Å². The van der Waals surface area contributed by atoms with Crippen molar-refractivity contribution in [2.24, 2.45) is 0 Å². The number of rotatable bonds is 7. The van der Waals surface area contributed by atoms with Crippen LogP contribution in [-0.2, 0) is 11.2 Å². The molecule has 8 heteroatoms. The number of carbonyl (C=O) groups excluding carboxylic acids is 1. The molecule has 3 aromatic rings. The Labute approximate surface area is 185 Å². The summed E-state index contributed by atoms with van der Waals surface area (Å²) in [6.07, 6.45) is -0.0108. The van der Waals surface area contributed by atoms with Crippen LogP contribution in [0.5, 0.6) is 5.75 Å². The van der Waals surface area contributed by atoms with Gasteiger partial charge in [0.2, 0.25) is 5.91 Å². The molecule has 1 amide bonds. The highest BCUT2D eigenvalue weighted by atomic mass is 19.3. The molecule has 0 aliphatic carbocycles. The fourth-order valence-corrected chi connectivity index (χ4v) is 4.30. The lowest BCUT2D eigenvalue weighted by atomic mass is 9.92. The van der Waals surface area contributed by atoms with Gasteiger partial charge in [0.25, 0.3) is 12.1 Å². The summed E-state index contributed by atoms with van der Waals surface area (Å²) in [4.78, 5) is 19.1. The second-order valence-corrected chi connectivity index (χ2v) is 8.14. The molecule has 32 heavy (non-hydrogen) atoms. The van der Waals surface area contributed by atoms with E-state index in [1.807, 2.05) is 36.1 Å². The van der Waals surface area contributed by atoms with Crippen LogP contribution in [0.2, 0.25) is 0 Å². The van der Waals surface area contributed by atoms with Gasteiger partial charge >= 0.3 is 0 Å². The molecule has 0 unspecified atom stereocenters. The van der Waals surface area contributed by atoms with Crippen molar-refractivity contribution in [3.8, 4) is 5.75 Å². The molecule has 0 spiro atoms. The Kier molecular flexibility index (Phi) is 6.67. The first-order valence-corrected chi connectivity index (χ1v) is 11.0. The number of fused-ring (bicyclic) bond motifs is 1. The highest BCUT2D eigenvalue weighted by Gasteiger charge is 2.28. The minimum atomic E-state index is -2.65. The molecule has 1 aromatic carbocycles. The number of ether oxygens (including phenoxy) is 1. The Balaban J connectivity index is 1.43. The Hall–Kier alpha value is -3.03. The Morgan fingerprint density at radius 2 is 2.09 bits per heavy atom. The maximum absolute atomic E-state index is 13.7. The van der Waals surface area contributed by atoms with Crippen molar-refractivity contribution in [1.29, 1.82) is 0 Å². The van der Waals surface area contributed by atoms with E-state index in [4.69, 9.17) is 9.26 Å². The van der Waals surface area contributed by atoms with Gasteiger partial charge in [0.15, 0.2) is 0 Å². The summed E-state index contributed by atoms with van der Waals surface area (Å²) in [5.41, 5.74) is 2.04. The van der Waals surface area contributed by atoms with E-state index in [-0.39, 0.29) is 28.5 Å². The van der Waals surface area contributed by atoms with E-state index in [1.54, 1.807) is 6.92 Å². The molecule has 0 radical (unpaired) electrons. The van der Waals surface area contributed by atoms with E-state index in [9.17, 15) is 13.6 Å². The zero-order valence-corrected chi connectivity index (χ0v) is 18.3. The number of piperidine rings is 1. The van der Waals surface area contributed by atoms with Crippen molar-refractivity contribution in [3.63, 3.8) is 0 Å². The summed E-state index contributed by atoms with van der Waals surface area (Å²) in [5.74, 6) is 0.774. The Morgan fingerprint density at radius 3 is 2.81 bits per heavy atom. The standard InChI is InChI=1S/C24H27F2N3O3/c1-3-31-18-9-6-16(7-10-18)8-11-21(30)29-12-4-5-17(14-29)20-13-19(23(25)26)22-15(2)28-32-24(22)27-20/h6-7,9-10,13,17,23H,3-5,8,11-12,14H2,1-2H3/t17-/m0/s1. The molecule has 1 aliphatic rings. The number of aryl methyl sites for hydroxylation is 2. The largest absolute Gasteiger partial charge is 0.494 e. The zero-order chi connectivity index (χ0) is 22.7. The lowest BCUT2D eigenvalue weighted by molar-refractivity contribution is -0.132. The van der Waals surface area contributed by atoms with Gasteiger partial charge < -0.3 is 14.2 Å². The molecular formula is C24H27F2N3O3. The number of hydrogen-bond acceptors (Lipinski definition) is 5. The topological polar surface area (TPSA) is 68.5 Å². The van der Waals surface area contributed by atoms with Gasteiger partial charge in [0, 0.05) is 36.7 Å². The fourth-order valence-electron chi connectivity index (χ4n) is 4.30. The second kappa shape index (κ2) is 9.63. The normalized spacial score (nSPS) is 16.7. The number of carbonyl (C=O) groups is 1. The van der Waals surface area contributed by atoms with Crippen LogP contribution in [0.25, 0.3) is 11.1 Å². The summed E-state index contributed by atoms with van der Waals surface area (Å²) >= 11 is 0. The van der Waals surface area contributed by atoms with E-state index in [2.05, 4.69) is 10.1 Å². The number of pyridine rings is 1. The zero-order valence-electron chi connectivity index (χ0n) is 18.3. The molecule has 2 aromatic heterocycles. The van der Waals surface area contributed by atoms with Gasteiger partial charge in [-0.1, -0.05) is 17.3 Å². The van der Waals surface area contributed by atoms with Gasteiger partial charge in [-0.15, -0.1) is 0 Å². The van der Waals surface area contributed by atoms with Gasteiger partial charge in [-0.2, -0.15) is 0 Å². The average Bonchev–Trinajstić information content (AvgIpc) is 3.18. The molecule has 3 heterocycles. The quantitative estimate of drug-likeness (QED) is 0.502. The molecule has 4 rings (SSSR count). The minimum absolute atomic E-state index is 0.0641. The number of amides is 1. The number of likely N-dealkylation sites (tertiary alicyclic amines) is 1. The molecule has 0 saturated carbocycles. The van der Waals surface area contributed by atoms with Crippen molar-refractivity contribution < 1.29 is 22.8 Å². The summed E-state index contributed by atoms with van der Waals surface area (Å²) in [7, 11) is 0. The van der Waals surface area contributed by atoms with Gasteiger partial charge in [-0.3, -0.25) is 4.79 Å². The summed E-state index contributed by atoms with van der Waals surface area (Å²) in [6, 6.07) is 9.22. The van der Waals surface area contributed by atoms with E-state index in [0.717, 1.165) is 24.2 Å². The smallest absolute Gasteiger partial charge is 0.264 e. The van der Waals surface area contributed by atoms with Gasteiger partial charge in [-0.05, 0) is 56.9 Å². The Bertz CT molecular complexity index is 1080. The van der Waals surface area contributed by atoms with Crippen LogP contribution in [0.4, 0.5) is 8.78 Å². The van der Waals surface area contributed by atoms with Crippen LogP contribution in [0, 0.1) is 6.92 Å². The molecule has 0 bridgehead atoms. The van der Waals surface area contributed by atoms with E-state index in [0.29, 0.717) is 43.9 Å². The SMILES string of the molecule is CCOc1ccc(CCC(=O)N2CCC[C@H](c3cc(C(F)F)c4c(C)noc4n3)C2)cc1. The number of hydrogen-bond donors (Lipinski definition) is 0. The maximum atomic E-state index is 13.7. The number of alkyl halides is 2. The molecule has 6 nitrogen and oxygen atoms in total. The average molecular weight is 443 g/mol. The first-order chi connectivity index (χ1) is 15.5. The van der Waals surface area contributed by atoms with Crippen molar-refractivity contribution in [2.45, 2.75) is 51.9 Å². The molecule has 1 fully saturated rings.